The van der Waals surface area contributed by atoms with Gasteiger partial charge < -0.3 is 5.73 Å². The van der Waals surface area contributed by atoms with Gasteiger partial charge in [0.25, 0.3) is 10.0 Å². The number of amides is 1. The number of benzene rings is 1. The third kappa shape index (κ3) is 2.43. The topological polar surface area (TPSA) is 80.5 Å². The second kappa shape index (κ2) is 5.16. The van der Waals surface area contributed by atoms with Crippen LogP contribution < -0.4 is 10.0 Å². The summed E-state index contributed by atoms with van der Waals surface area (Å²) in [6, 6.07) is 10.5. The van der Waals surface area contributed by atoms with Crippen molar-refractivity contribution < 1.29 is 13.2 Å². The lowest BCUT2D eigenvalue weighted by Crippen LogP contribution is -2.44. The molecule has 1 aliphatic heterocycles. The Morgan fingerprint density at radius 1 is 1.24 bits per heavy atom. The van der Waals surface area contributed by atoms with Crippen LogP contribution >= 0.6 is 11.3 Å². The van der Waals surface area contributed by atoms with Gasteiger partial charge in [-0.05, 0) is 29.5 Å². The van der Waals surface area contributed by atoms with Crippen molar-refractivity contribution in [3.63, 3.8) is 0 Å². The summed E-state index contributed by atoms with van der Waals surface area (Å²) in [5.41, 5.74) is 6.85. The van der Waals surface area contributed by atoms with Crippen molar-refractivity contribution in [2.24, 2.45) is 11.7 Å². The van der Waals surface area contributed by atoms with Gasteiger partial charge in [0.1, 0.15) is 4.21 Å². The summed E-state index contributed by atoms with van der Waals surface area (Å²) >= 11 is 1.16. The van der Waals surface area contributed by atoms with Crippen LogP contribution in [0.3, 0.4) is 0 Å². The van der Waals surface area contributed by atoms with E-state index >= 15 is 0 Å². The smallest absolute Gasteiger partial charge is 0.273 e. The third-order valence-electron chi connectivity index (χ3n) is 3.55. The monoisotopic (exact) mass is 322 g/mol. The van der Waals surface area contributed by atoms with Gasteiger partial charge in [-0.3, -0.25) is 9.10 Å². The van der Waals surface area contributed by atoms with E-state index in [1.54, 1.807) is 29.6 Å². The van der Waals surface area contributed by atoms with Crippen LogP contribution in [0, 0.1) is 5.92 Å². The summed E-state index contributed by atoms with van der Waals surface area (Å²) in [4.78, 5) is 11.5. The van der Waals surface area contributed by atoms with E-state index in [2.05, 4.69) is 0 Å². The molecular formula is C14H14N2O3S2. The number of para-hydroxylation sites is 1. The molecule has 1 amide bonds. The first-order valence-electron chi connectivity index (χ1n) is 6.43. The molecule has 3 rings (SSSR count). The Hall–Kier alpha value is -1.86. The summed E-state index contributed by atoms with van der Waals surface area (Å²) in [6.07, 6.45) is 0.474. The highest BCUT2D eigenvalue weighted by Gasteiger charge is 2.35. The maximum atomic E-state index is 12.8. The van der Waals surface area contributed by atoms with Gasteiger partial charge in [0.15, 0.2) is 0 Å². The fourth-order valence-electron chi connectivity index (χ4n) is 2.49. The van der Waals surface area contributed by atoms with Crippen LogP contribution in [0.1, 0.15) is 5.56 Å². The SMILES string of the molecule is NC(=O)C1Cc2ccccc2N(S(=O)(=O)c2cccs2)C1. The molecule has 0 fully saturated rings. The molecular weight excluding hydrogens is 308 g/mol. The van der Waals surface area contributed by atoms with Crippen molar-refractivity contribution in [3.8, 4) is 0 Å². The van der Waals surface area contributed by atoms with Crippen LogP contribution in [0.5, 0.6) is 0 Å². The van der Waals surface area contributed by atoms with Crippen LogP contribution in [-0.4, -0.2) is 20.9 Å². The number of hydrogen-bond acceptors (Lipinski definition) is 4. The van der Waals surface area contributed by atoms with Crippen molar-refractivity contribution in [1.29, 1.82) is 0 Å². The lowest BCUT2D eigenvalue weighted by Gasteiger charge is -2.33. The molecule has 1 atom stereocenters. The Morgan fingerprint density at radius 2 is 2.00 bits per heavy atom. The predicted octanol–water partition coefficient (Wildman–Crippen LogP) is 1.60. The lowest BCUT2D eigenvalue weighted by atomic mass is 9.93. The van der Waals surface area contributed by atoms with E-state index in [9.17, 15) is 13.2 Å². The van der Waals surface area contributed by atoms with E-state index in [4.69, 9.17) is 5.73 Å². The molecule has 2 heterocycles. The first-order chi connectivity index (χ1) is 10.00. The molecule has 2 N–H and O–H groups in total. The minimum absolute atomic E-state index is 0.0899. The molecule has 0 saturated heterocycles. The average Bonchev–Trinajstić information content (AvgIpc) is 3.00. The zero-order valence-corrected chi connectivity index (χ0v) is 12.7. The maximum Gasteiger partial charge on any atom is 0.273 e. The number of fused-ring (bicyclic) bond motifs is 1. The summed E-state index contributed by atoms with van der Waals surface area (Å²) in [5, 5.41) is 1.72. The van der Waals surface area contributed by atoms with Gasteiger partial charge in [-0.15, -0.1) is 11.3 Å². The van der Waals surface area contributed by atoms with E-state index in [0.29, 0.717) is 12.1 Å². The lowest BCUT2D eigenvalue weighted by molar-refractivity contribution is -0.121. The molecule has 1 aliphatic rings. The number of sulfonamides is 1. The molecule has 1 aromatic carbocycles. The summed E-state index contributed by atoms with van der Waals surface area (Å²) in [7, 11) is -3.65. The molecule has 7 heteroatoms. The summed E-state index contributed by atoms with van der Waals surface area (Å²) in [6.45, 7) is 0.0899. The Labute approximate surface area is 127 Å². The molecule has 5 nitrogen and oxygen atoms in total. The van der Waals surface area contributed by atoms with Crippen LogP contribution in [0.25, 0.3) is 0 Å². The molecule has 0 aliphatic carbocycles. The number of nitrogens with two attached hydrogens (primary N) is 1. The zero-order chi connectivity index (χ0) is 15.0. The Balaban J connectivity index is 2.11. The Morgan fingerprint density at radius 3 is 2.67 bits per heavy atom. The van der Waals surface area contributed by atoms with Crippen LogP contribution in [0.4, 0.5) is 5.69 Å². The highest BCUT2D eigenvalue weighted by Crippen LogP contribution is 2.34. The highest BCUT2D eigenvalue weighted by atomic mass is 32.2. The fourth-order valence-corrected chi connectivity index (χ4v) is 5.14. The highest BCUT2D eigenvalue weighted by molar-refractivity contribution is 7.94. The number of nitrogens with zero attached hydrogens (tertiary/aromatic N) is 1. The molecule has 2 aromatic rings. The zero-order valence-electron chi connectivity index (χ0n) is 11.1. The molecule has 0 spiro atoms. The van der Waals surface area contributed by atoms with Gasteiger partial charge in [0.05, 0.1) is 11.6 Å². The van der Waals surface area contributed by atoms with Crippen LogP contribution in [0.2, 0.25) is 0 Å². The van der Waals surface area contributed by atoms with Gasteiger partial charge in [0, 0.05) is 6.54 Å². The molecule has 110 valence electrons. The normalized spacial score (nSPS) is 18.3. The average molecular weight is 322 g/mol. The minimum Gasteiger partial charge on any atom is -0.369 e. The standard InChI is InChI=1S/C14H14N2O3S2/c15-14(17)11-8-10-4-1-2-5-12(10)16(9-11)21(18,19)13-6-3-7-20-13/h1-7,11H,8-9H2,(H2,15,17). The Kier molecular flexibility index (Phi) is 3.46. The van der Waals surface area contributed by atoms with Crippen LogP contribution in [-0.2, 0) is 21.2 Å². The van der Waals surface area contributed by atoms with Gasteiger partial charge >= 0.3 is 0 Å². The van der Waals surface area contributed by atoms with Crippen molar-refractivity contribution >= 4 is 33.0 Å². The van der Waals surface area contributed by atoms with Crippen molar-refractivity contribution in [3.05, 3.63) is 47.3 Å². The summed E-state index contributed by atoms with van der Waals surface area (Å²) < 4.78 is 27.1. The van der Waals surface area contributed by atoms with E-state index < -0.39 is 21.8 Å². The molecule has 0 saturated carbocycles. The molecule has 1 aromatic heterocycles. The molecule has 1 unspecified atom stereocenters. The fraction of sp³-hybridized carbons (Fsp3) is 0.214. The number of primary amides is 1. The van der Waals surface area contributed by atoms with Crippen LogP contribution in [0.15, 0.2) is 46.0 Å². The first-order valence-corrected chi connectivity index (χ1v) is 8.75. The number of carbonyl (C=O) groups excluding carboxylic acids is 1. The van der Waals surface area contributed by atoms with E-state index in [-0.39, 0.29) is 10.8 Å². The third-order valence-corrected chi connectivity index (χ3v) is 6.71. The largest absolute Gasteiger partial charge is 0.369 e. The van der Waals surface area contributed by atoms with Crippen molar-refractivity contribution in [1.82, 2.24) is 0 Å². The maximum absolute atomic E-state index is 12.8. The van der Waals surface area contributed by atoms with Gasteiger partial charge in [-0.25, -0.2) is 8.42 Å². The van der Waals surface area contributed by atoms with Gasteiger partial charge in [0.2, 0.25) is 5.91 Å². The second-order valence-corrected chi connectivity index (χ2v) is 7.94. The second-order valence-electron chi connectivity index (χ2n) is 4.90. The minimum atomic E-state index is -3.65. The number of hydrogen-bond donors (Lipinski definition) is 1. The molecule has 0 radical (unpaired) electrons. The molecule has 0 bridgehead atoms. The predicted molar refractivity (Wildman–Crippen MR) is 81.7 cm³/mol. The van der Waals surface area contributed by atoms with Crippen molar-refractivity contribution in [2.45, 2.75) is 10.6 Å². The van der Waals surface area contributed by atoms with Crippen molar-refractivity contribution in [2.75, 3.05) is 10.8 Å². The Bertz CT molecular complexity index is 769. The number of thiophene rings is 1. The van der Waals surface area contributed by atoms with E-state index in [1.807, 2.05) is 12.1 Å². The van der Waals surface area contributed by atoms with Gasteiger partial charge in [-0.2, -0.15) is 0 Å². The number of anilines is 1. The first kappa shape index (κ1) is 14.1. The quantitative estimate of drug-likeness (QED) is 0.932. The molecule has 21 heavy (non-hydrogen) atoms. The van der Waals surface area contributed by atoms with E-state index in [0.717, 1.165) is 16.9 Å². The number of rotatable bonds is 3. The number of carbonyl (C=O) groups is 1. The van der Waals surface area contributed by atoms with Gasteiger partial charge in [-0.1, -0.05) is 24.3 Å². The summed E-state index contributed by atoms with van der Waals surface area (Å²) in [5.74, 6) is -0.981. The van der Waals surface area contributed by atoms with E-state index in [1.165, 1.54) is 4.31 Å².